The van der Waals surface area contributed by atoms with Crippen LogP contribution in [0.2, 0.25) is 0 Å². The van der Waals surface area contributed by atoms with Crippen molar-refractivity contribution in [1.82, 2.24) is 4.98 Å². The van der Waals surface area contributed by atoms with Gasteiger partial charge in [-0.3, -0.25) is 0 Å². The van der Waals surface area contributed by atoms with E-state index in [-0.39, 0.29) is 5.82 Å². The minimum atomic E-state index is -1.36. The summed E-state index contributed by atoms with van der Waals surface area (Å²) in [7, 11) is 0. The Labute approximate surface area is 85.5 Å². The second-order valence-corrected chi connectivity index (χ2v) is 2.86. The molecule has 0 aromatic carbocycles. The van der Waals surface area contributed by atoms with Gasteiger partial charge in [-0.15, -0.1) is 6.42 Å². The van der Waals surface area contributed by atoms with Crippen LogP contribution in [0.15, 0.2) is 6.07 Å². The van der Waals surface area contributed by atoms with E-state index in [1.165, 1.54) is 0 Å². The van der Waals surface area contributed by atoms with E-state index in [1.54, 1.807) is 6.92 Å². The van der Waals surface area contributed by atoms with Gasteiger partial charge in [-0.05, 0) is 6.42 Å². The number of terminal acetylenes is 1. The third kappa shape index (κ3) is 2.62. The first kappa shape index (κ1) is 11.4. The van der Waals surface area contributed by atoms with Crippen molar-refractivity contribution in [3.63, 3.8) is 0 Å². The van der Waals surface area contributed by atoms with Gasteiger partial charge in [-0.25, -0.2) is 8.78 Å². The highest BCUT2D eigenvalue weighted by molar-refractivity contribution is 5.39. The molecule has 0 saturated carbocycles. The molecule has 5 heteroatoms. The molecule has 2 nitrogen and oxygen atoms in total. The van der Waals surface area contributed by atoms with Gasteiger partial charge in [0.1, 0.15) is 0 Å². The van der Waals surface area contributed by atoms with Crippen LogP contribution >= 0.6 is 0 Å². The van der Waals surface area contributed by atoms with Crippen LogP contribution in [0.25, 0.3) is 0 Å². The highest BCUT2D eigenvalue weighted by Gasteiger charge is 2.13. The van der Waals surface area contributed by atoms with Crippen molar-refractivity contribution in [2.24, 2.45) is 0 Å². The van der Waals surface area contributed by atoms with Gasteiger partial charge < -0.3 is 5.32 Å². The maximum Gasteiger partial charge on any atom is 0.251 e. The molecule has 1 rings (SSSR count). The number of rotatable bonds is 3. The summed E-state index contributed by atoms with van der Waals surface area (Å²) in [6.07, 6.45) is 5.64. The van der Waals surface area contributed by atoms with Gasteiger partial charge in [0, 0.05) is 6.07 Å². The van der Waals surface area contributed by atoms with Gasteiger partial charge in [-0.1, -0.05) is 12.8 Å². The first-order valence-electron chi connectivity index (χ1n) is 4.32. The molecule has 1 N–H and O–H groups in total. The summed E-state index contributed by atoms with van der Waals surface area (Å²) in [6, 6.07) is -0.0367. The fourth-order valence-electron chi connectivity index (χ4n) is 0.972. The lowest BCUT2D eigenvalue weighted by atomic mass is 10.2. The predicted octanol–water partition coefficient (Wildman–Crippen LogP) is 2.32. The Hall–Kier alpha value is -1.70. The van der Waals surface area contributed by atoms with E-state index < -0.39 is 23.6 Å². The Kier molecular flexibility index (Phi) is 3.56. The van der Waals surface area contributed by atoms with Crippen LogP contribution in [0.3, 0.4) is 0 Å². The number of aromatic nitrogens is 1. The molecule has 1 unspecified atom stereocenters. The molecule has 0 radical (unpaired) electrons. The molecule has 1 aromatic rings. The van der Waals surface area contributed by atoms with E-state index in [9.17, 15) is 13.2 Å². The lowest BCUT2D eigenvalue weighted by molar-refractivity contribution is 0.466. The Balaban J connectivity index is 2.96. The summed E-state index contributed by atoms with van der Waals surface area (Å²) >= 11 is 0. The molecule has 1 atom stereocenters. The van der Waals surface area contributed by atoms with Crippen molar-refractivity contribution >= 4 is 5.82 Å². The van der Waals surface area contributed by atoms with Gasteiger partial charge in [-0.2, -0.15) is 9.37 Å². The van der Waals surface area contributed by atoms with Gasteiger partial charge in [0.15, 0.2) is 17.5 Å². The number of nitrogens with zero attached hydrogens (tertiary/aromatic N) is 1. The van der Waals surface area contributed by atoms with E-state index in [4.69, 9.17) is 6.42 Å². The molecule has 1 aromatic heterocycles. The smallest absolute Gasteiger partial charge is 0.251 e. The topological polar surface area (TPSA) is 24.9 Å². The maximum absolute atomic E-state index is 13.1. The van der Waals surface area contributed by atoms with Crippen LogP contribution in [0.4, 0.5) is 19.0 Å². The molecule has 0 amide bonds. The zero-order chi connectivity index (χ0) is 11.4. The van der Waals surface area contributed by atoms with Gasteiger partial charge in [0.2, 0.25) is 0 Å². The molecule has 0 spiro atoms. The van der Waals surface area contributed by atoms with Crippen molar-refractivity contribution < 1.29 is 13.2 Å². The van der Waals surface area contributed by atoms with Crippen LogP contribution < -0.4 is 5.32 Å². The van der Waals surface area contributed by atoms with E-state index in [0.717, 1.165) is 0 Å². The summed E-state index contributed by atoms with van der Waals surface area (Å²) in [6.45, 7) is 1.77. The van der Waals surface area contributed by atoms with E-state index in [1.807, 2.05) is 0 Å². The fourth-order valence-corrected chi connectivity index (χ4v) is 0.972. The molecule has 0 aliphatic rings. The van der Waals surface area contributed by atoms with Crippen molar-refractivity contribution in [3.8, 4) is 12.3 Å². The summed E-state index contributed by atoms with van der Waals surface area (Å²) < 4.78 is 38.3. The average molecular weight is 214 g/mol. The highest BCUT2D eigenvalue weighted by atomic mass is 19.2. The maximum atomic E-state index is 13.1. The lowest BCUT2D eigenvalue weighted by Crippen LogP contribution is -2.18. The predicted molar refractivity (Wildman–Crippen MR) is 50.6 cm³/mol. The number of hydrogen-bond donors (Lipinski definition) is 1. The summed E-state index contributed by atoms with van der Waals surface area (Å²) in [5.74, 6) is -1.70. The Bertz CT molecular complexity index is 398. The third-order valence-corrected chi connectivity index (χ3v) is 1.81. The van der Waals surface area contributed by atoms with Gasteiger partial charge in [0.05, 0.1) is 6.04 Å². The highest BCUT2D eigenvalue weighted by Crippen LogP contribution is 2.15. The minimum absolute atomic E-state index is 0.376. The zero-order valence-electron chi connectivity index (χ0n) is 8.02. The Morgan fingerprint density at radius 3 is 2.67 bits per heavy atom. The Morgan fingerprint density at radius 2 is 2.13 bits per heavy atom. The quantitative estimate of drug-likeness (QED) is 0.617. The average Bonchev–Trinajstić information content (AvgIpc) is 2.21. The van der Waals surface area contributed by atoms with E-state index >= 15 is 0 Å². The molecule has 80 valence electrons. The standard InChI is InChI=1S/C10H9F3N2/c1-3-6(4-2)14-10-8(12)5-7(11)9(13)15-10/h1,5-6H,4H2,2H3,(H,14,15). The molecule has 15 heavy (non-hydrogen) atoms. The fraction of sp³-hybridized carbons (Fsp3) is 0.300. The summed E-state index contributed by atoms with van der Waals surface area (Å²) in [4.78, 5) is 3.08. The number of hydrogen-bond acceptors (Lipinski definition) is 2. The third-order valence-electron chi connectivity index (χ3n) is 1.81. The molecule has 0 fully saturated rings. The number of nitrogens with one attached hydrogen (secondary N) is 1. The second kappa shape index (κ2) is 4.69. The number of halogens is 3. The number of anilines is 1. The van der Waals surface area contributed by atoms with Crippen LogP contribution in [0.1, 0.15) is 13.3 Å². The summed E-state index contributed by atoms with van der Waals surface area (Å²) in [5.41, 5.74) is 0. The normalized spacial score (nSPS) is 11.9. The SMILES string of the molecule is C#CC(CC)Nc1nc(F)c(F)cc1F. The first-order valence-corrected chi connectivity index (χ1v) is 4.32. The first-order chi connectivity index (χ1) is 7.08. The zero-order valence-corrected chi connectivity index (χ0v) is 8.02. The summed E-state index contributed by atoms with van der Waals surface area (Å²) in [5, 5.41) is 2.49. The molecular weight excluding hydrogens is 205 g/mol. The molecule has 0 aliphatic heterocycles. The van der Waals surface area contributed by atoms with Gasteiger partial charge in [0.25, 0.3) is 5.95 Å². The number of pyridine rings is 1. The van der Waals surface area contributed by atoms with Gasteiger partial charge >= 0.3 is 0 Å². The van der Waals surface area contributed by atoms with Crippen molar-refractivity contribution in [2.45, 2.75) is 19.4 Å². The molecule has 0 aliphatic carbocycles. The largest absolute Gasteiger partial charge is 0.354 e. The van der Waals surface area contributed by atoms with Crippen molar-refractivity contribution in [2.75, 3.05) is 5.32 Å². The van der Waals surface area contributed by atoms with E-state index in [2.05, 4.69) is 16.2 Å². The van der Waals surface area contributed by atoms with Crippen LogP contribution in [-0.2, 0) is 0 Å². The van der Waals surface area contributed by atoms with Crippen LogP contribution in [-0.4, -0.2) is 11.0 Å². The van der Waals surface area contributed by atoms with Crippen molar-refractivity contribution in [3.05, 3.63) is 23.6 Å². The minimum Gasteiger partial charge on any atom is -0.354 e. The Morgan fingerprint density at radius 1 is 1.47 bits per heavy atom. The second-order valence-electron chi connectivity index (χ2n) is 2.86. The van der Waals surface area contributed by atoms with Crippen LogP contribution in [0, 0.1) is 29.9 Å². The van der Waals surface area contributed by atoms with Crippen molar-refractivity contribution in [1.29, 1.82) is 0 Å². The van der Waals surface area contributed by atoms with Crippen LogP contribution in [0.5, 0.6) is 0 Å². The molecule has 0 saturated heterocycles. The molecule has 1 heterocycles. The lowest BCUT2D eigenvalue weighted by Gasteiger charge is -2.11. The molecular formula is C10H9F3N2. The van der Waals surface area contributed by atoms with E-state index in [0.29, 0.717) is 12.5 Å². The molecule has 0 bridgehead atoms. The monoisotopic (exact) mass is 214 g/mol.